The Morgan fingerprint density at radius 3 is 2.78 bits per heavy atom. The van der Waals surface area contributed by atoms with Crippen LogP contribution < -0.4 is 0 Å². The molecule has 0 aromatic heterocycles. The minimum atomic E-state index is -0.134. The Balaban J connectivity index is 2.32. The van der Waals surface area contributed by atoms with Gasteiger partial charge in [0, 0.05) is 0 Å². The maximum Gasteiger partial charge on any atom is 0.119 e. The predicted molar refractivity (Wildman–Crippen MR) is 30.4 cm³/mol. The SMILES string of the molecule is OCC1CCON1CO. The molecule has 4 heteroatoms. The van der Waals surface area contributed by atoms with E-state index in [1.54, 1.807) is 0 Å². The van der Waals surface area contributed by atoms with Crippen LogP contribution in [0, 0.1) is 0 Å². The average Bonchev–Trinajstić information content (AvgIpc) is 2.33. The molecule has 0 spiro atoms. The number of aliphatic hydroxyl groups excluding tert-OH is 2. The molecule has 9 heavy (non-hydrogen) atoms. The van der Waals surface area contributed by atoms with Gasteiger partial charge in [-0.3, -0.25) is 4.84 Å². The van der Waals surface area contributed by atoms with Crippen LogP contribution in [0.25, 0.3) is 0 Å². The van der Waals surface area contributed by atoms with Crippen LogP contribution in [-0.2, 0) is 4.84 Å². The van der Waals surface area contributed by atoms with Crippen molar-refractivity contribution in [3.8, 4) is 0 Å². The highest BCUT2D eigenvalue weighted by atomic mass is 16.7. The lowest BCUT2D eigenvalue weighted by Crippen LogP contribution is -2.31. The molecule has 54 valence electrons. The lowest BCUT2D eigenvalue weighted by Gasteiger charge is -2.16. The number of hydrogen-bond acceptors (Lipinski definition) is 4. The van der Waals surface area contributed by atoms with Crippen LogP contribution in [0.15, 0.2) is 0 Å². The molecule has 1 heterocycles. The van der Waals surface area contributed by atoms with E-state index < -0.39 is 0 Å². The molecule has 1 fully saturated rings. The average molecular weight is 133 g/mol. The Morgan fingerprint density at radius 2 is 2.33 bits per heavy atom. The van der Waals surface area contributed by atoms with E-state index >= 15 is 0 Å². The summed E-state index contributed by atoms with van der Waals surface area (Å²) in [4.78, 5) is 4.93. The minimum Gasteiger partial charge on any atom is -0.395 e. The molecule has 1 aliphatic rings. The summed E-state index contributed by atoms with van der Waals surface area (Å²) >= 11 is 0. The van der Waals surface area contributed by atoms with Gasteiger partial charge in [-0.2, -0.15) is 5.06 Å². The van der Waals surface area contributed by atoms with Crippen LogP contribution in [0.4, 0.5) is 0 Å². The van der Waals surface area contributed by atoms with Gasteiger partial charge in [0.05, 0.1) is 19.3 Å². The quantitative estimate of drug-likeness (QED) is 0.504. The summed E-state index contributed by atoms with van der Waals surface area (Å²) in [5.41, 5.74) is 0. The van der Waals surface area contributed by atoms with Crippen molar-refractivity contribution in [1.82, 2.24) is 5.06 Å². The van der Waals surface area contributed by atoms with Crippen LogP contribution in [0.1, 0.15) is 6.42 Å². The zero-order valence-corrected chi connectivity index (χ0v) is 5.16. The van der Waals surface area contributed by atoms with Crippen molar-refractivity contribution in [2.45, 2.75) is 12.5 Å². The molecule has 1 unspecified atom stereocenters. The first-order chi connectivity index (χ1) is 4.38. The van der Waals surface area contributed by atoms with Gasteiger partial charge in [-0.05, 0) is 6.42 Å². The highest BCUT2D eigenvalue weighted by Gasteiger charge is 2.23. The van der Waals surface area contributed by atoms with Crippen molar-refractivity contribution in [3.05, 3.63) is 0 Å². The van der Waals surface area contributed by atoms with Crippen molar-refractivity contribution in [2.75, 3.05) is 19.9 Å². The highest BCUT2D eigenvalue weighted by molar-refractivity contribution is 4.66. The third-order valence-electron chi connectivity index (χ3n) is 1.47. The van der Waals surface area contributed by atoms with E-state index in [9.17, 15) is 0 Å². The molecule has 2 N–H and O–H groups in total. The normalized spacial score (nSPS) is 29.3. The largest absolute Gasteiger partial charge is 0.395 e. The van der Waals surface area contributed by atoms with Crippen molar-refractivity contribution in [1.29, 1.82) is 0 Å². The minimum absolute atomic E-state index is 0.00463. The second-order valence-corrected chi connectivity index (χ2v) is 2.02. The van der Waals surface area contributed by atoms with Gasteiger partial charge in [0.2, 0.25) is 0 Å². The summed E-state index contributed by atoms with van der Waals surface area (Å²) in [6.07, 6.45) is 0.803. The van der Waals surface area contributed by atoms with Crippen molar-refractivity contribution in [2.24, 2.45) is 0 Å². The van der Waals surface area contributed by atoms with Gasteiger partial charge < -0.3 is 10.2 Å². The molecule has 0 amide bonds. The molecule has 0 aromatic rings. The van der Waals surface area contributed by atoms with Crippen molar-refractivity contribution < 1.29 is 15.1 Å². The summed E-state index contributed by atoms with van der Waals surface area (Å²) in [6.45, 7) is 0.525. The molecule has 0 aromatic carbocycles. The summed E-state index contributed by atoms with van der Waals surface area (Å²) < 4.78 is 0. The maximum atomic E-state index is 8.63. The van der Waals surface area contributed by atoms with E-state index in [-0.39, 0.29) is 19.4 Å². The number of hydroxylamine groups is 2. The second-order valence-electron chi connectivity index (χ2n) is 2.02. The molecular weight excluding hydrogens is 122 g/mol. The molecule has 0 radical (unpaired) electrons. The number of nitrogens with zero attached hydrogens (tertiary/aromatic N) is 1. The lowest BCUT2D eigenvalue weighted by molar-refractivity contribution is -0.179. The number of hydrogen-bond donors (Lipinski definition) is 2. The molecule has 0 aliphatic carbocycles. The summed E-state index contributed by atoms with van der Waals surface area (Å²) in [5.74, 6) is 0. The van der Waals surface area contributed by atoms with Crippen molar-refractivity contribution >= 4 is 0 Å². The first-order valence-electron chi connectivity index (χ1n) is 2.99. The molecule has 1 aliphatic heterocycles. The van der Waals surface area contributed by atoms with Crippen LogP contribution in [0.5, 0.6) is 0 Å². The maximum absolute atomic E-state index is 8.63. The van der Waals surface area contributed by atoms with E-state index in [4.69, 9.17) is 15.1 Å². The van der Waals surface area contributed by atoms with Crippen LogP contribution in [0.3, 0.4) is 0 Å². The van der Waals surface area contributed by atoms with Gasteiger partial charge in [-0.1, -0.05) is 0 Å². The van der Waals surface area contributed by atoms with E-state index in [1.165, 1.54) is 5.06 Å². The molecule has 0 saturated carbocycles. The van der Waals surface area contributed by atoms with Crippen LogP contribution in [-0.4, -0.2) is 41.3 Å². The zero-order valence-electron chi connectivity index (χ0n) is 5.16. The van der Waals surface area contributed by atoms with Gasteiger partial charge >= 0.3 is 0 Å². The Bertz CT molecular complexity index is 78.3. The van der Waals surface area contributed by atoms with Crippen LogP contribution in [0.2, 0.25) is 0 Å². The lowest BCUT2D eigenvalue weighted by atomic mass is 10.2. The van der Waals surface area contributed by atoms with E-state index in [2.05, 4.69) is 0 Å². The van der Waals surface area contributed by atoms with Gasteiger partial charge in [-0.15, -0.1) is 0 Å². The first-order valence-corrected chi connectivity index (χ1v) is 2.99. The standard InChI is InChI=1S/C5H11NO3/c7-3-5-1-2-9-6(5)4-8/h5,7-8H,1-4H2. The van der Waals surface area contributed by atoms with E-state index in [0.717, 1.165) is 6.42 Å². The smallest absolute Gasteiger partial charge is 0.119 e. The third kappa shape index (κ3) is 1.40. The zero-order chi connectivity index (χ0) is 6.69. The third-order valence-corrected chi connectivity index (χ3v) is 1.47. The second kappa shape index (κ2) is 3.12. The number of aliphatic hydroxyl groups is 2. The fourth-order valence-corrected chi connectivity index (χ4v) is 0.894. The summed E-state index contributed by atoms with van der Waals surface area (Å²) in [5, 5.41) is 18.6. The molecule has 0 bridgehead atoms. The Morgan fingerprint density at radius 1 is 1.56 bits per heavy atom. The van der Waals surface area contributed by atoms with Crippen LogP contribution >= 0.6 is 0 Å². The van der Waals surface area contributed by atoms with E-state index in [1.807, 2.05) is 0 Å². The van der Waals surface area contributed by atoms with Gasteiger partial charge in [0.1, 0.15) is 6.73 Å². The van der Waals surface area contributed by atoms with Gasteiger partial charge in [-0.25, -0.2) is 0 Å². The monoisotopic (exact) mass is 133 g/mol. The fraction of sp³-hybridized carbons (Fsp3) is 1.00. The highest BCUT2D eigenvalue weighted by Crippen LogP contribution is 2.11. The van der Waals surface area contributed by atoms with E-state index in [0.29, 0.717) is 6.61 Å². The molecule has 1 rings (SSSR count). The number of rotatable bonds is 2. The Labute approximate surface area is 53.6 Å². The van der Waals surface area contributed by atoms with Gasteiger partial charge in [0.25, 0.3) is 0 Å². The summed E-state index contributed by atoms with van der Waals surface area (Å²) in [6, 6.07) is -0.00463. The fourth-order valence-electron chi connectivity index (χ4n) is 0.894. The molecule has 4 nitrogen and oxygen atoms in total. The first kappa shape index (κ1) is 6.95. The summed E-state index contributed by atoms with van der Waals surface area (Å²) in [7, 11) is 0. The Kier molecular flexibility index (Phi) is 2.41. The predicted octanol–water partition coefficient (Wildman–Crippen LogP) is -1.07. The topological polar surface area (TPSA) is 52.9 Å². The molecule has 1 saturated heterocycles. The van der Waals surface area contributed by atoms with Gasteiger partial charge in [0.15, 0.2) is 0 Å². The Hall–Kier alpha value is -0.160. The molecular formula is C5H11NO3. The molecule has 1 atom stereocenters. The van der Waals surface area contributed by atoms with Crippen molar-refractivity contribution in [3.63, 3.8) is 0 Å².